The molecule has 0 amide bonds. The van der Waals surface area contributed by atoms with Crippen molar-refractivity contribution in [1.29, 1.82) is 0 Å². The zero-order valence-electron chi connectivity index (χ0n) is 16.2. The highest BCUT2D eigenvalue weighted by atomic mass is 16.5. The predicted octanol–water partition coefficient (Wildman–Crippen LogP) is 2.42. The average Bonchev–Trinajstić information content (AvgIpc) is 3.16. The summed E-state index contributed by atoms with van der Waals surface area (Å²) in [5.74, 6) is 2.11. The molecule has 1 fully saturated rings. The predicted molar refractivity (Wildman–Crippen MR) is 105 cm³/mol. The number of ether oxygens (including phenoxy) is 1. The summed E-state index contributed by atoms with van der Waals surface area (Å²) in [5.41, 5.74) is 2.21. The second kappa shape index (κ2) is 8.20. The van der Waals surface area contributed by atoms with Crippen LogP contribution in [0.2, 0.25) is 0 Å². The van der Waals surface area contributed by atoms with E-state index in [4.69, 9.17) is 9.72 Å². The third kappa shape index (κ3) is 3.98. The largest absolute Gasteiger partial charge is 0.497 e. The van der Waals surface area contributed by atoms with Crippen LogP contribution in [0.25, 0.3) is 16.9 Å². The van der Waals surface area contributed by atoms with E-state index in [-0.39, 0.29) is 12.1 Å². The first-order chi connectivity index (χ1) is 13.6. The first-order valence-corrected chi connectivity index (χ1v) is 9.78. The van der Waals surface area contributed by atoms with Gasteiger partial charge in [-0.05, 0) is 69.3 Å². The van der Waals surface area contributed by atoms with Crippen molar-refractivity contribution in [3.63, 3.8) is 0 Å². The number of hydrogen-bond acceptors (Lipinski definition) is 7. The molecule has 0 spiro atoms. The molecule has 0 saturated heterocycles. The SMILES string of the molecule is COc1ccc(-n2nnc3cnc(C(C)NCC4CCC(O)CC4)nc32)cc1. The summed E-state index contributed by atoms with van der Waals surface area (Å²) in [6.07, 6.45) is 5.53. The van der Waals surface area contributed by atoms with Crippen LogP contribution < -0.4 is 10.1 Å². The van der Waals surface area contributed by atoms with Gasteiger partial charge < -0.3 is 15.2 Å². The lowest BCUT2D eigenvalue weighted by Gasteiger charge is -2.26. The van der Waals surface area contributed by atoms with E-state index in [0.717, 1.165) is 49.5 Å². The minimum absolute atomic E-state index is 0.0236. The summed E-state index contributed by atoms with van der Waals surface area (Å²) in [4.78, 5) is 9.19. The highest BCUT2D eigenvalue weighted by Crippen LogP contribution is 2.24. The summed E-state index contributed by atoms with van der Waals surface area (Å²) < 4.78 is 6.93. The second-order valence-corrected chi connectivity index (χ2v) is 7.44. The van der Waals surface area contributed by atoms with Gasteiger partial charge in [0.1, 0.15) is 11.6 Å². The number of nitrogens with one attached hydrogen (secondary N) is 1. The van der Waals surface area contributed by atoms with Crippen LogP contribution in [0.4, 0.5) is 0 Å². The Kier molecular flexibility index (Phi) is 5.50. The number of benzene rings is 1. The van der Waals surface area contributed by atoms with Crippen molar-refractivity contribution in [3.8, 4) is 11.4 Å². The van der Waals surface area contributed by atoms with Gasteiger partial charge in [0.05, 0.1) is 31.1 Å². The van der Waals surface area contributed by atoms with Gasteiger partial charge in [-0.25, -0.2) is 9.97 Å². The van der Waals surface area contributed by atoms with Gasteiger partial charge in [0.15, 0.2) is 11.2 Å². The molecular formula is C20H26N6O2. The molecule has 2 N–H and O–H groups in total. The third-order valence-electron chi connectivity index (χ3n) is 5.44. The molecule has 1 unspecified atom stereocenters. The molecule has 148 valence electrons. The van der Waals surface area contributed by atoms with Crippen molar-refractivity contribution < 1.29 is 9.84 Å². The Labute approximate surface area is 164 Å². The van der Waals surface area contributed by atoms with Crippen LogP contribution in [0, 0.1) is 5.92 Å². The molecule has 1 aromatic carbocycles. The molecule has 1 atom stereocenters. The van der Waals surface area contributed by atoms with Crippen LogP contribution >= 0.6 is 0 Å². The van der Waals surface area contributed by atoms with E-state index in [1.54, 1.807) is 18.0 Å². The zero-order chi connectivity index (χ0) is 19.5. The summed E-state index contributed by atoms with van der Waals surface area (Å²) in [6.45, 7) is 2.98. The van der Waals surface area contributed by atoms with Gasteiger partial charge in [-0.3, -0.25) is 0 Å². The van der Waals surface area contributed by atoms with Gasteiger partial charge in [0.2, 0.25) is 0 Å². The van der Waals surface area contributed by atoms with Crippen LogP contribution in [-0.4, -0.2) is 49.8 Å². The molecule has 0 radical (unpaired) electrons. The van der Waals surface area contributed by atoms with Crippen molar-refractivity contribution in [3.05, 3.63) is 36.3 Å². The number of aromatic nitrogens is 5. The number of fused-ring (bicyclic) bond motifs is 1. The Morgan fingerprint density at radius 1 is 1.21 bits per heavy atom. The van der Waals surface area contributed by atoms with Crippen molar-refractivity contribution >= 4 is 11.2 Å². The van der Waals surface area contributed by atoms with Crippen LogP contribution in [0.3, 0.4) is 0 Å². The third-order valence-corrected chi connectivity index (χ3v) is 5.44. The van der Waals surface area contributed by atoms with Gasteiger partial charge in [0.25, 0.3) is 0 Å². The molecule has 1 saturated carbocycles. The van der Waals surface area contributed by atoms with Crippen LogP contribution in [-0.2, 0) is 0 Å². The monoisotopic (exact) mass is 382 g/mol. The minimum Gasteiger partial charge on any atom is -0.497 e. The smallest absolute Gasteiger partial charge is 0.187 e. The van der Waals surface area contributed by atoms with Gasteiger partial charge in [0, 0.05) is 0 Å². The number of methoxy groups -OCH3 is 1. The van der Waals surface area contributed by atoms with Gasteiger partial charge in [-0.1, -0.05) is 5.21 Å². The Morgan fingerprint density at radius 2 is 1.96 bits per heavy atom. The Bertz CT molecular complexity index is 918. The van der Waals surface area contributed by atoms with Gasteiger partial charge >= 0.3 is 0 Å². The summed E-state index contributed by atoms with van der Waals surface area (Å²) in [6, 6.07) is 7.64. The number of nitrogens with zero attached hydrogens (tertiary/aromatic N) is 5. The van der Waals surface area contributed by atoms with Crippen LogP contribution in [0.1, 0.15) is 44.5 Å². The van der Waals surface area contributed by atoms with Crippen LogP contribution in [0.5, 0.6) is 5.75 Å². The van der Waals surface area contributed by atoms with Crippen molar-refractivity contribution in [1.82, 2.24) is 30.3 Å². The standard InChI is InChI=1S/C20H26N6O2/c1-13(21-11-14-3-7-16(27)8-4-14)19-22-12-18-20(23-19)26(25-24-18)15-5-9-17(28-2)10-6-15/h5-6,9-10,12-14,16,21,27H,3-4,7-8,11H2,1-2H3. The van der Waals surface area contributed by atoms with E-state index >= 15 is 0 Å². The zero-order valence-corrected chi connectivity index (χ0v) is 16.2. The Hall–Kier alpha value is -2.58. The fourth-order valence-corrected chi connectivity index (χ4v) is 3.63. The molecule has 3 aromatic rings. The van der Waals surface area contributed by atoms with Crippen molar-refractivity contribution in [2.24, 2.45) is 5.92 Å². The molecule has 1 aliphatic carbocycles. The van der Waals surface area contributed by atoms with Crippen molar-refractivity contribution in [2.45, 2.75) is 44.8 Å². The van der Waals surface area contributed by atoms with E-state index in [9.17, 15) is 5.11 Å². The lowest BCUT2D eigenvalue weighted by Crippen LogP contribution is -2.30. The van der Waals surface area contributed by atoms with Gasteiger partial charge in [-0.2, -0.15) is 4.68 Å². The summed E-state index contributed by atoms with van der Waals surface area (Å²) >= 11 is 0. The Morgan fingerprint density at radius 3 is 2.68 bits per heavy atom. The highest BCUT2D eigenvalue weighted by Gasteiger charge is 2.21. The molecular weight excluding hydrogens is 356 g/mol. The quantitative estimate of drug-likeness (QED) is 0.675. The maximum Gasteiger partial charge on any atom is 0.187 e. The molecule has 1 aliphatic rings. The lowest BCUT2D eigenvalue weighted by atomic mass is 9.87. The maximum absolute atomic E-state index is 9.65. The molecule has 4 rings (SSSR count). The lowest BCUT2D eigenvalue weighted by molar-refractivity contribution is 0.107. The van der Waals surface area contributed by atoms with E-state index in [1.165, 1.54) is 0 Å². The fourth-order valence-electron chi connectivity index (χ4n) is 3.63. The molecule has 8 nitrogen and oxygen atoms in total. The minimum atomic E-state index is -0.120. The fraction of sp³-hybridized carbons (Fsp3) is 0.500. The normalized spacial score (nSPS) is 21.0. The number of hydrogen-bond donors (Lipinski definition) is 2. The summed E-state index contributed by atoms with van der Waals surface area (Å²) in [5, 5.41) is 21.6. The molecule has 0 aliphatic heterocycles. The van der Waals surface area contributed by atoms with Gasteiger partial charge in [-0.15, -0.1) is 5.10 Å². The number of aliphatic hydroxyl groups excluding tert-OH is 1. The Balaban J connectivity index is 1.50. The molecule has 8 heteroatoms. The maximum atomic E-state index is 9.65. The van der Waals surface area contributed by atoms with E-state index in [0.29, 0.717) is 17.1 Å². The van der Waals surface area contributed by atoms with Crippen molar-refractivity contribution in [2.75, 3.05) is 13.7 Å². The first kappa shape index (κ1) is 18.8. The van der Waals surface area contributed by atoms with Crippen LogP contribution in [0.15, 0.2) is 30.5 Å². The number of aliphatic hydroxyl groups is 1. The highest BCUT2D eigenvalue weighted by molar-refractivity contribution is 5.70. The van der Waals surface area contributed by atoms with E-state index in [1.807, 2.05) is 24.3 Å². The molecule has 2 heterocycles. The summed E-state index contributed by atoms with van der Waals surface area (Å²) in [7, 11) is 1.64. The van der Waals surface area contributed by atoms with E-state index in [2.05, 4.69) is 27.5 Å². The average molecular weight is 382 g/mol. The first-order valence-electron chi connectivity index (χ1n) is 9.78. The molecule has 0 bridgehead atoms. The van der Waals surface area contributed by atoms with E-state index < -0.39 is 0 Å². The topological polar surface area (TPSA) is 98.0 Å². The number of rotatable bonds is 6. The molecule has 28 heavy (non-hydrogen) atoms. The second-order valence-electron chi connectivity index (χ2n) is 7.44. The molecule has 2 aromatic heterocycles.